The van der Waals surface area contributed by atoms with Gasteiger partial charge >= 0.3 is 11.7 Å². The third-order valence-corrected chi connectivity index (χ3v) is 3.25. The number of carbonyl (C=O) groups is 1. The number of rotatable bonds is 4. The highest BCUT2D eigenvalue weighted by atomic mass is 79.9. The first-order chi connectivity index (χ1) is 9.88. The van der Waals surface area contributed by atoms with Gasteiger partial charge in [0.15, 0.2) is 0 Å². The first kappa shape index (κ1) is 14.9. The minimum Gasteiger partial charge on any atom is -0.478 e. The molecule has 0 fully saturated rings. The van der Waals surface area contributed by atoms with Gasteiger partial charge in [0.1, 0.15) is 0 Å². The molecular weight excluding hydrogens is 342 g/mol. The Morgan fingerprint density at radius 1 is 1.43 bits per heavy atom. The monoisotopic (exact) mass is 351 g/mol. The van der Waals surface area contributed by atoms with Gasteiger partial charge in [-0.3, -0.25) is 10.1 Å². The van der Waals surface area contributed by atoms with Gasteiger partial charge in [0.25, 0.3) is 0 Å². The minimum atomic E-state index is -1.27. The van der Waals surface area contributed by atoms with E-state index in [-0.39, 0.29) is 11.4 Å². The van der Waals surface area contributed by atoms with E-state index in [9.17, 15) is 14.9 Å². The summed E-state index contributed by atoms with van der Waals surface area (Å²) >= 11 is 3.33. The molecule has 2 rings (SSSR count). The molecule has 1 aromatic carbocycles. The van der Waals surface area contributed by atoms with E-state index in [1.165, 1.54) is 0 Å². The molecule has 0 saturated heterocycles. The Bertz CT molecular complexity index is 733. The lowest BCUT2D eigenvalue weighted by Crippen LogP contribution is -2.04. The van der Waals surface area contributed by atoms with E-state index in [0.717, 1.165) is 22.3 Å². The van der Waals surface area contributed by atoms with Gasteiger partial charge in [-0.2, -0.15) is 0 Å². The predicted molar refractivity (Wildman–Crippen MR) is 80.0 cm³/mol. The largest absolute Gasteiger partial charge is 0.478 e. The summed E-state index contributed by atoms with van der Waals surface area (Å²) < 4.78 is 0.884. The van der Waals surface area contributed by atoms with E-state index in [2.05, 4.69) is 26.2 Å². The van der Waals surface area contributed by atoms with Crippen LogP contribution in [0.15, 0.2) is 34.9 Å². The van der Waals surface area contributed by atoms with Crippen LogP contribution < -0.4 is 5.32 Å². The highest BCUT2D eigenvalue weighted by Crippen LogP contribution is 2.28. The molecule has 0 radical (unpaired) electrons. The number of aromatic carboxylic acids is 1. The summed E-state index contributed by atoms with van der Waals surface area (Å²) in [6.07, 6.45) is 1.08. The number of halogens is 1. The van der Waals surface area contributed by atoms with Crippen LogP contribution in [0.3, 0.4) is 0 Å². The molecule has 0 atom stereocenters. The first-order valence-corrected chi connectivity index (χ1v) is 6.58. The third kappa shape index (κ3) is 3.34. The van der Waals surface area contributed by atoms with Gasteiger partial charge in [0, 0.05) is 22.4 Å². The second-order valence-electron chi connectivity index (χ2n) is 4.24. The maximum atomic E-state index is 11.1. The van der Waals surface area contributed by atoms with Crippen molar-refractivity contribution in [1.29, 1.82) is 0 Å². The Balaban J connectivity index is 2.44. The molecule has 108 valence electrons. The van der Waals surface area contributed by atoms with E-state index >= 15 is 0 Å². The smallest absolute Gasteiger partial charge is 0.337 e. The normalized spacial score (nSPS) is 10.2. The van der Waals surface area contributed by atoms with Crippen molar-refractivity contribution in [3.8, 4) is 0 Å². The summed E-state index contributed by atoms with van der Waals surface area (Å²) in [6, 6.07) is 6.36. The molecule has 0 unspecified atom stereocenters. The fourth-order valence-electron chi connectivity index (χ4n) is 1.70. The Morgan fingerprint density at radius 2 is 2.14 bits per heavy atom. The zero-order valence-corrected chi connectivity index (χ0v) is 12.4. The molecule has 0 spiro atoms. The molecule has 7 nitrogen and oxygen atoms in total. The lowest BCUT2D eigenvalue weighted by molar-refractivity contribution is -0.384. The zero-order valence-electron chi connectivity index (χ0n) is 10.8. The van der Waals surface area contributed by atoms with Crippen molar-refractivity contribution in [3.05, 3.63) is 56.2 Å². The summed E-state index contributed by atoms with van der Waals surface area (Å²) in [5, 5.41) is 22.8. The summed E-state index contributed by atoms with van der Waals surface area (Å²) in [7, 11) is 0. The Hall–Kier alpha value is -2.48. The number of aryl methyl sites for hydroxylation is 1. The minimum absolute atomic E-state index is 0.00424. The number of carboxylic acids is 1. The Morgan fingerprint density at radius 3 is 2.71 bits per heavy atom. The molecule has 21 heavy (non-hydrogen) atoms. The van der Waals surface area contributed by atoms with Crippen LogP contribution in [0.2, 0.25) is 0 Å². The van der Waals surface area contributed by atoms with Gasteiger partial charge in [-0.15, -0.1) is 0 Å². The van der Waals surface area contributed by atoms with Crippen LogP contribution in [-0.4, -0.2) is 21.0 Å². The topological polar surface area (TPSA) is 105 Å². The lowest BCUT2D eigenvalue weighted by Gasteiger charge is -2.09. The number of nitrogens with zero attached hydrogens (tertiary/aromatic N) is 2. The number of aromatic nitrogens is 1. The maximum absolute atomic E-state index is 11.1. The van der Waals surface area contributed by atoms with Gasteiger partial charge in [-0.25, -0.2) is 9.78 Å². The number of hydrogen-bond donors (Lipinski definition) is 2. The van der Waals surface area contributed by atoms with Crippen molar-refractivity contribution in [1.82, 2.24) is 4.98 Å². The quantitative estimate of drug-likeness (QED) is 0.644. The average Bonchev–Trinajstić information content (AvgIpc) is 2.41. The molecule has 0 amide bonds. The van der Waals surface area contributed by atoms with Gasteiger partial charge < -0.3 is 10.4 Å². The van der Waals surface area contributed by atoms with Crippen molar-refractivity contribution < 1.29 is 14.8 Å². The summed E-state index contributed by atoms with van der Waals surface area (Å²) in [5.41, 5.74) is 0.886. The van der Waals surface area contributed by atoms with Crippen molar-refractivity contribution in [3.63, 3.8) is 0 Å². The summed E-state index contributed by atoms with van der Waals surface area (Å²) in [6.45, 7) is 1.84. The molecule has 0 saturated carbocycles. The van der Waals surface area contributed by atoms with E-state index in [4.69, 9.17) is 5.11 Å². The molecular formula is C13H10BrN3O4. The molecule has 2 N–H and O–H groups in total. The SMILES string of the molecule is Cc1cc(Br)ccc1Nc1ncc(C(=O)O)cc1[N+](=O)[O-]. The van der Waals surface area contributed by atoms with Crippen molar-refractivity contribution in [2.45, 2.75) is 6.92 Å². The van der Waals surface area contributed by atoms with E-state index < -0.39 is 16.6 Å². The van der Waals surface area contributed by atoms with Gasteiger partial charge in [-0.05, 0) is 30.7 Å². The molecule has 1 aromatic heterocycles. The number of nitro groups is 1. The van der Waals surface area contributed by atoms with Gasteiger partial charge in [0.05, 0.1) is 10.5 Å². The van der Waals surface area contributed by atoms with Crippen LogP contribution in [0.25, 0.3) is 0 Å². The second-order valence-corrected chi connectivity index (χ2v) is 5.15. The number of anilines is 2. The van der Waals surface area contributed by atoms with Crippen LogP contribution in [-0.2, 0) is 0 Å². The third-order valence-electron chi connectivity index (χ3n) is 2.75. The Kier molecular flexibility index (Phi) is 4.18. The van der Waals surface area contributed by atoms with Crippen molar-refractivity contribution in [2.75, 3.05) is 5.32 Å². The summed E-state index contributed by atoms with van der Waals surface area (Å²) in [5.74, 6) is -1.27. The van der Waals surface area contributed by atoms with Crippen LogP contribution in [0.5, 0.6) is 0 Å². The van der Waals surface area contributed by atoms with Crippen LogP contribution in [0, 0.1) is 17.0 Å². The van der Waals surface area contributed by atoms with Crippen molar-refractivity contribution >= 4 is 39.1 Å². The highest BCUT2D eigenvalue weighted by Gasteiger charge is 2.19. The van der Waals surface area contributed by atoms with Crippen LogP contribution in [0.1, 0.15) is 15.9 Å². The zero-order chi connectivity index (χ0) is 15.6. The lowest BCUT2D eigenvalue weighted by atomic mass is 10.2. The number of benzene rings is 1. The van der Waals surface area contributed by atoms with Crippen LogP contribution >= 0.6 is 15.9 Å². The number of hydrogen-bond acceptors (Lipinski definition) is 5. The standard InChI is InChI=1S/C13H10BrN3O4/c1-7-4-9(14)2-3-10(7)16-12-11(17(20)21)5-8(6-15-12)13(18)19/h2-6H,1H3,(H,15,16)(H,18,19). The predicted octanol–water partition coefficient (Wildman–Crippen LogP) is 3.50. The average molecular weight is 352 g/mol. The molecule has 0 bridgehead atoms. The second kappa shape index (κ2) is 5.88. The maximum Gasteiger partial charge on any atom is 0.337 e. The van der Waals surface area contributed by atoms with Gasteiger partial charge in [0.2, 0.25) is 5.82 Å². The molecule has 8 heteroatoms. The molecule has 0 aliphatic carbocycles. The van der Waals surface area contributed by atoms with E-state index in [1.807, 2.05) is 13.0 Å². The highest BCUT2D eigenvalue weighted by molar-refractivity contribution is 9.10. The van der Waals surface area contributed by atoms with Crippen molar-refractivity contribution in [2.24, 2.45) is 0 Å². The molecule has 2 aromatic rings. The Labute approximate surface area is 127 Å². The summed E-state index contributed by atoms with van der Waals surface area (Å²) in [4.78, 5) is 25.1. The first-order valence-electron chi connectivity index (χ1n) is 5.79. The molecule has 0 aliphatic rings. The fraction of sp³-hybridized carbons (Fsp3) is 0.0769. The van der Waals surface area contributed by atoms with Gasteiger partial charge in [-0.1, -0.05) is 15.9 Å². The van der Waals surface area contributed by atoms with Crippen LogP contribution in [0.4, 0.5) is 17.2 Å². The fourth-order valence-corrected chi connectivity index (χ4v) is 2.18. The molecule has 0 aliphatic heterocycles. The molecule has 1 heterocycles. The number of carboxylic acid groups (broad SMARTS) is 1. The number of pyridine rings is 1. The van der Waals surface area contributed by atoms with E-state index in [0.29, 0.717) is 5.69 Å². The number of nitrogens with one attached hydrogen (secondary N) is 1. The van der Waals surface area contributed by atoms with E-state index in [1.54, 1.807) is 12.1 Å².